The summed E-state index contributed by atoms with van der Waals surface area (Å²) in [5, 5.41) is 0. The lowest BCUT2D eigenvalue weighted by Gasteiger charge is -2.01. The minimum absolute atomic E-state index is 0.0208. The van der Waals surface area contributed by atoms with Gasteiger partial charge in [0, 0.05) is 5.92 Å². The number of nitrogens with two attached hydrogens (primary N) is 1. The van der Waals surface area contributed by atoms with Gasteiger partial charge in [0.15, 0.2) is 0 Å². The van der Waals surface area contributed by atoms with Gasteiger partial charge in [-0.25, -0.2) is 0 Å². The quantitative estimate of drug-likeness (QED) is 0.539. The number of hydrogen-bond acceptors (Lipinski definition) is 2. The van der Waals surface area contributed by atoms with E-state index in [2.05, 4.69) is 12.6 Å². The van der Waals surface area contributed by atoms with Gasteiger partial charge in [0.25, 0.3) is 0 Å². The molecular weight excluding hydrogens is 122 g/mol. The zero-order chi connectivity index (χ0) is 6.57. The molecule has 0 bridgehead atoms. The average molecular weight is 133 g/mol. The molecule has 0 aliphatic rings. The summed E-state index contributed by atoms with van der Waals surface area (Å²) >= 11 is 3.95. The predicted molar refractivity (Wildman–Crippen MR) is 36.8 cm³/mol. The van der Waals surface area contributed by atoms with Gasteiger partial charge in [0.05, 0.1) is 0 Å². The summed E-state index contributed by atoms with van der Waals surface area (Å²) in [6.07, 6.45) is 0.776. The lowest BCUT2D eigenvalue weighted by Crippen LogP contribution is -2.20. The third-order valence-electron chi connectivity index (χ3n) is 1.05. The highest BCUT2D eigenvalue weighted by Crippen LogP contribution is 2.00. The van der Waals surface area contributed by atoms with Crippen LogP contribution < -0.4 is 5.73 Å². The van der Waals surface area contributed by atoms with E-state index in [0.29, 0.717) is 0 Å². The van der Waals surface area contributed by atoms with Crippen LogP contribution in [0.4, 0.5) is 0 Å². The number of hydrogen-bond donors (Lipinski definition) is 2. The molecule has 0 fully saturated rings. The van der Waals surface area contributed by atoms with E-state index >= 15 is 0 Å². The first-order valence-corrected chi connectivity index (χ1v) is 3.22. The van der Waals surface area contributed by atoms with E-state index in [1.165, 1.54) is 0 Å². The van der Waals surface area contributed by atoms with E-state index in [0.717, 1.165) is 12.2 Å². The fraction of sp³-hybridized carbons (Fsp3) is 0.800. The van der Waals surface area contributed by atoms with Gasteiger partial charge in [0.1, 0.15) is 0 Å². The number of rotatable bonds is 3. The molecule has 0 heterocycles. The molecule has 0 aromatic carbocycles. The molecule has 0 saturated heterocycles. The fourth-order valence-corrected chi connectivity index (χ4v) is 0.723. The van der Waals surface area contributed by atoms with Gasteiger partial charge in [-0.05, 0) is 12.2 Å². The van der Waals surface area contributed by atoms with Crippen LogP contribution in [0, 0.1) is 5.92 Å². The minimum Gasteiger partial charge on any atom is -0.369 e. The molecule has 48 valence electrons. The molecule has 0 rings (SSSR count). The summed E-state index contributed by atoms with van der Waals surface area (Å²) in [5.41, 5.74) is 4.95. The molecule has 0 unspecified atom stereocenters. The number of carbonyl (C=O) groups excluding carboxylic acids is 1. The fourth-order valence-electron chi connectivity index (χ4n) is 0.336. The summed E-state index contributed by atoms with van der Waals surface area (Å²) in [7, 11) is 0. The average Bonchev–Trinajstić information content (AvgIpc) is 1.67. The first kappa shape index (κ1) is 7.82. The highest BCUT2D eigenvalue weighted by Gasteiger charge is 2.05. The normalized spacial score (nSPS) is 13.2. The molecule has 3 heteroatoms. The summed E-state index contributed by atoms with van der Waals surface area (Å²) in [4.78, 5) is 10.3. The Morgan fingerprint density at radius 3 is 2.50 bits per heavy atom. The predicted octanol–water partition coefficient (Wildman–Crippen LogP) is 0.428. The topological polar surface area (TPSA) is 43.1 Å². The van der Waals surface area contributed by atoms with E-state index < -0.39 is 0 Å². The van der Waals surface area contributed by atoms with Crippen LogP contribution in [0.2, 0.25) is 0 Å². The van der Waals surface area contributed by atoms with Crippen molar-refractivity contribution in [2.75, 3.05) is 5.75 Å². The second kappa shape index (κ2) is 3.78. The van der Waals surface area contributed by atoms with Gasteiger partial charge in [-0.2, -0.15) is 12.6 Å². The standard InChI is InChI=1S/C5H11NOS/c1-4(2-3-8)5(6)7/h4,8H,2-3H2,1H3,(H2,6,7)/t4-/m0/s1. The highest BCUT2D eigenvalue weighted by atomic mass is 32.1. The van der Waals surface area contributed by atoms with E-state index in [9.17, 15) is 4.79 Å². The summed E-state index contributed by atoms with van der Waals surface area (Å²) in [6, 6.07) is 0. The number of carbonyl (C=O) groups is 1. The van der Waals surface area contributed by atoms with Gasteiger partial charge in [-0.1, -0.05) is 6.92 Å². The maximum Gasteiger partial charge on any atom is 0.220 e. The Labute approximate surface area is 54.9 Å². The van der Waals surface area contributed by atoms with Crippen molar-refractivity contribution in [3.05, 3.63) is 0 Å². The lowest BCUT2D eigenvalue weighted by molar-refractivity contribution is -0.121. The molecule has 2 nitrogen and oxygen atoms in total. The molecule has 0 aromatic heterocycles. The molecular formula is C5H11NOS. The van der Waals surface area contributed by atoms with Crippen molar-refractivity contribution >= 4 is 18.5 Å². The van der Waals surface area contributed by atoms with Crippen LogP contribution in [0.3, 0.4) is 0 Å². The number of primary amides is 1. The molecule has 0 aliphatic heterocycles. The molecule has 0 radical (unpaired) electrons. The first-order valence-electron chi connectivity index (χ1n) is 2.58. The zero-order valence-corrected chi connectivity index (χ0v) is 5.82. The third kappa shape index (κ3) is 2.91. The Hall–Kier alpha value is -0.180. The van der Waals surface area contributed by atoms with Crippen LogP contribution in [-0.4, -0.2) is 11.7 Å². The van der Waals surface area contributed by atoms with Gasteiger partial charge in [0.2, 0.25) is 5.91 Å². The van der Waals surface area contributed by atoms with Crippen LogP contribution in [0.25, 0.3) is 0 Å². The van der Waals surface area contributed by atoms with Crippen LogP contribution in [0.1, 0.15) is 13.3 Å². The monoisotopic (exact) mass is 133 g/mol. The van der Waals surface area contributed by atoms with Crippen molar-refractivity contribution in [3.8, 4) is 0 Å². The van der Waals surface area contributed by atoms with E-state index in [4.69, 9.17) is 5.73 Å². The Balaban J connectivity index is 3.32. The second-order valence-electron chi connectivity index (χ2n) is 1.82. The van der Waals surface area contributed by atoms with Gasteiger partial charge in [-0.15, -0.1) is 0 Å². The van der Waals surface area contributed by atoms with Crippen molar-refractivity contribution in [1.29, 1.82) is 0 Å². The largest absolute Gasteiger partial charge is 0.369 e. The molecule has 1 amide bonds. The van der Waals surface area contributed by atoms with Crippen LogP contribution in [-0.2, 0) is 4.79 Å². The smallest absolute Gasteiger partial charge is 0.220 e. The molecule has 8 heavy (non-hydrogen) atoms. The van der Waals surface area contributed by atoms with E-state index in [1.807, 2.05) is 0 Å². The number of thiol groups is 1. The van der Waals surface area contributed by atoms with Crippen LogP contribution in [0.5, 0.6) is 0 Å². The van der Waals surface area contributed by atoms with Gasteiger partial charge in [-0.3, -0.25) is 4.79 Å². The second-order valence-corrected chi connectivity index (χ2v) is 2.26. The Morgan fingerprint density at radius 2 is 2.38 bits per heavy atom. The van der Waals surface area contributed by atoms with Gasteiger partial charge >= 0.3 is 0 Å². The van der Waals surface area contributed by atoms with Crippen LogP contribution in [0.15, 0.2) is 0 Å². The maximum absolute atomic E-state index is 10.3. The lowest BCUT2D eigenvalue weighted by atomic mass is 10.1. The van der Waals surface area contributed by atoms with Crippen molar-refractivity contribution in [2.24, 2.45) is 11.7 Å². The van der Waals surface area contributed by atoms with Gasteiger partial charge < -0.3 is 5.73 Å². The van der Waals surface area contributed by atoms with E-state index in [1.54, 1.807) is 6.92 Å². The third-order valence-corrected chi connectivity index (χ3v) is 1.31. The molecule has 0 aromatic rings. The van der Waals surface area contributed by atoms with Crippen LogP contribution >= 0.6 is 12.6 Å². The summed E-state index contributed by atoms with van der Waals surface area (Å²) < 4.78 is 0. The first-order chi connectivity index (χ1) is 3.68. The molecule has 1 atom stereocenters. The van der Waals surface area contributed by atoms with Crippen molar-refractivity contribution < 1.29 is 4.79 Å². The Bertz CT molecular complexity index is 84.5. The van der Waals surface area contributed by atoms with Crippen molar-refractivity contribution in [2.45, 2.75) is 13.3 Å². The number of amides is 1. The summed E-state index contributed by atoms with van der Waals surface area (Å²) in [6.45, 7) is 1.80. The minimum atomic E-state index is -0.237. The Kier molecular flexibility index (Phi) is 3.69. The highest BCUT2D eigenvalue weighted by molar-refractivity contribution is 7.80. The van der Waals surface area contributed by atoms with E-state index in [-0.39, 0.29) is 11.8 Å². The zero-order valence-electron chi connectivity index (χ0n) is 4.92. The molecule has 0 spiro atoms. The maximum atomic E-state index is 10.3. The van der Waals surface area contributed by atoms with Crippen molar-refractivity contribution in [1.82, 2.24) is 0 Å². The van der Waals surface area contributed by atoms with Crippen molar-refractivity contribution in [3.63, 3.8) is 0 Å². The molecule has 0 saturated carbocycles. The molecule has 2 N–H and O–H groups in total. The Morgan fingerprint density at radius 1 is 1.88 bits per heavy atom. The SMILES string of the molecule is C[C@@H](CCS)C(N)=O. The molecule has 0 aliphatic carbocycles. The summed E-state index contributed by atoms with van der Waals surface area (Å²) in [5.74, 6) is 0.468.